The summed E-state index contributed by atoms with van der Waals surface area (Å²) in [7, 11) is 31.7. The third-order valence-electron chi connectivity index (χ3n) is 11.0. The molecule has 10 rings (SSSR count). The first-order valence-electron chi connectivity index (χ1n) is 19.7. The van der Waals surface area contributed by atoms with E-state index in [9.17, 15) is 0 Å². The minimum atomic E-state index is 0.171. The van der Waals surface area contributed by atoms with Gasteiger partial charge in [0.15, 0.2) is 17.5 Å². The van der Waals surface area contributed by atoms with Crippen LogP contribution in [0.15, 0.2) is 180 Å². The number of nitrogens with zero attached hydrogens (tertiary/aromatic N) is 4. The van der Waals surface area contributed by atoms with Crippen molar-refractivity contribution < 1.29 is 4.42 Å². The number of hydrogen-bond acceptors (Lipinski definition) is 5. The molecule has 10 heteroatoms. The van der Waals surface area contributed by atoms with Crippen molar-refractivity contribution in [2.75, 3.05) is 4.90 Å². The molecule has 2 aromatic heterocycles. The number of rotatable bonds is 8. The predicted molar refractivity (Wildman–Crippen MR) is 256 cm³/mol. The predicted octanol–water partition coefficient (Wildman–Crippen LogP) is 7.54. The Morgan fingerprint density at radius 1 is 0.377 bits per heavy atom. The smallest absolute Gasteiger partial charge is 0.167 e. The third-order valence-corrected chi connectivity index (χ3v) is 11.0. The first kappa shape index (κ1) is 37.9. The van der Waals surface area contributed by atoms with E-state index < -0.39 is 0 Å². The lowest BCUT2D eigenvalue weighted by Crippen LogP contribution is -2.55. The van der Waals surface area contributed by atoms with Crippen molar-refractivity contribution in [2.24, 2.45) is 0 Å². The number of para-hydroxylation sites is 1. The zero-order valence-corrected chi connectivity index (χ0v) is 32.8. The second-order valence-corrected chi connectivity index (χ2v) is 14.7. The quantitative estimate of drug-likeness (QED) is 0.150. The van der Waals surface area contributed by atoms with Crippen molar-refractivity contribution in [1.29, 1.82) is 0 Å². The molecule has 0 atom stereocenters. The molecule has 8 aromatic carbocycles. The van der Waals surface area contributed by atoms with Gasteiger partial charge in [0, 0.05) is 27.9 Å². The van der Waals surface area contributed by atoms with E-state index >= 15 is 0 Å². The molecule has 0 unspecified atom stereocenters. The second-order valence-electron chi connectivity index (χ2n) is 14.7. The fraction of sp³-hybridized carbons (Fsp3) is 0. The van der Waals surface area contributed by atoms with Gasteiger partial charge in [0.05, 0.1) is 16.6 Å². The largest absolute Gasteiger partial charge is 0.455 e. The third kappa shape index (κ3) is 6.84. The van der Waals surface area contributed by atoms with Gasteiger partial charge in [-0.05, 0) is 64.7 Å². The number of benzene rings is 8. The Hall–Kier alpha value is -7.31. The number of furan rings is 1. The highest BCUT2D eigenvalue weighted by atomic mass is 16.3. The van der Waals surface area contributed by atoms with Gasteiger partial charge >= 0.3 is 0 Å². The number of aromatic nitrogens is 3. The Bertz CT molecular complexity index is 3150. The average Bonchev–Trinajstić information content (AvgIpc) is 3.72. The van der Waals surface area contributed by atoms with Gasteiger partial charge in [-0.25, -0.2) is 15.0 Å². The van der Waals surface area contributed by atoms with Crippen molar-refractivity contribution in [3.63, 3.8) is 0 Å². The molecule has 0 bridgehead atoms. The minimum absolute atomic E-state index is 0.171. The Balaban J connectivity index is 1.19. The lowest BCUT2D eigenvalue weighted by atomic mass is 9.60. The highest BCUT2D eigenvalue weighted by Gasteiger charge is 2.24. The fourth-order valence-corrected chi connectivity index (χ4v) is 7.90. The maximum atomic E-state index is 6.82. The van der Waals surface area contributed by atoms with Gasteiger partial charge in [0.25, 0.3) is 0 Å². The van der Waals surface area contributed by atoms with Crippen LogP contribution >= 0.6 is 0 Å². The second kappa shape index (κ2) is 15.7. The van der Waals surface area contributed by atoms with Crippen molar-refractivity contribution in [1.82, 2.24) is 15.0 Å². The molecule has 0 aliphatic carbocycles. The fourth-order valence-electron chi connectivity index (χ4n) is 7.90. The van der Waals surface area contributed by atoms with Crippen LogP contribution in [0.3, 0.4) is 0 Å². The summed E-state index contributed by atoms with van der Waals surface area (Å²) >= 11 is 0. The summed E-state index contributed by atoms with van der Waals surface area (Å²) in [6, 6.07) is 58.8. The lowest BCUT2D eigenvalue weighted by molar-refractivity contribution is 0.669. The Morgan fingerprint density at radius 3 is 1.38 bits per heavy atom. The SMILES string of the molecule is [B]c1c([B])c([B])c(-c2ccc(N(c3ccc(-c4ccccc4)cc3)c3ccc(-c4nc(-c5ccccc5)nc(-c5ccccc5)n4)c4oc5ccccc5c34)cc2)c([B])c1[B]. The first-order chi connectivity index (χ1) is 29.8. The van der Waals surface area contributed by atoms with E-state index in [2.05, 4.69) is 53.4 Å². The van der Waals surface area contributed by atoms with Crippen LogP contribution in [0.5, 0.6) is 0 Å². The van der Waals surface area contributed by atoms with Crippen molar-refractivity contribution in [2.45, 2.75) is 0 Å². The van der Waals surface area contributed by atoms with E-state index in [1.54, 1.807) is 0 Å². The van der Waals surface area contributed by atoms with Crippen LogP contribution in [0.4, 0.5) is 17.1 Å². The summed E-state index contributed by atoms with van der Waals surface area (Å²) in [6.07, 6.45) is 0. The summed E-state index contributed by atoms with van der Waals surface area (Å²) in [5, 5.41) is 1.82. The molecular formula is C51H29B5N4O. The van der Waals surface area contributed by atoms with Gasteiger partial charge in [0.1, 0.15) is 50.4 Å². The minimum Gasteiger partial charge on any atom is -0.455 e. The maximum Gasteiger partial charge on any atom is 0.167 e. The summed E-state index contributed by atoms with van der Waals surface area (Å²) in [6.45, 7) is 0. The van der Waals surface area contributed by atoms with E-state index in [0.29, 0.717) is 28.6 Å². The van der Waals surface area contributed by atoms with Gasteiger partial charge in [-0.3, -0.25) is 0 Å². The van der Waals surface area contributed by atoms with Gasteiger partial charge in [-0.2, -0.15) is 0 Å². The highest BCUT2D eigenvalue weighted by molar-refractivity contribution is 6.68. The van der Waals surface area contributed by atoms with Crippen LogP contribution in [0, 0.1) is 0 Å². The molecule has 0 aliphatic rings. The van der Waals surface area contributed by atoms with Crippen LogP contribution in [-0.2, 0) is 0 Å². The van der Waals surface area contributed by atoms with Crippen LogP contribution in [-0.4, -0.2) is 54.2 Å². The Morgan fingerprint density at radius 2 is 0.820 bits per heavy atom. The van der Waals surface area contributed by atoms with E-state index in [-0.39, 0.29) is 27.3 Å². The normalized spacial score (nSPS) is 11.3. The van der Waals surface area contributed by atoms with E-state index in [0.717, 1.165) is 66.8 Å². The zero-order valence-electron chi connectivity index (χ0n) is 32.8. The zero-order chi connectivity index (χ0) is 41.6. The van der Waals surface area contributed by atoms with Crippen LogP contribution in [0.25, 0.3) is 78.4 Å². The summed E-state index contributed by atoms with van der Waals surface area (Å²) in [4.78, 5) is 17.3. The molecule has 0 saturated carbocycles. The van der Waals surface area contributed by atoms with Crippen molar-refractivity contribution >= 4 is 106 Å². The molecule has 0 spiro atoms. The van der Waals surface area contributed by atoms with Crippen LogP contribution in [0.2, 0.25) is 0 Å². The van der Waals surface area contributed by atoms with E-state index in [1.165, 1.54) is 0 Å². The molecule has 10 radical (unpaired) electrons. The van der Waals surface area contributed by atoms with E-state index in [1.807, 2.05) is 127 Å². The number of hydrogen-bond donors (Lipinski definition) is 0. The molecule has 0 fully saturated rings. The summed E-state index contributed by atoms with van der Waals surface area (Å²) in [5.74, 6) is 1.61. The number of fused-ring (bicyclic) bond motifs is 3. The molecule has 274 valence electrons. The van der Waals surface area contributed by atoms with Crippen LogP contribution < -0.4 is 32.2 Å². The van der Waals surface area contributed by atoms with E-state index in [4.69, 9.17) is 58.6 Å². The highest BCUT2D eigenvalue weighted by Crippen LogP contribution is 2.46. The van der Waals surface area contributed by atoms with Crippen LogP contribution in [0.1, 0.15) is 0 Å². The van der Waals surface area contributed by atoms with Gasteiger partial charge in [0.2, 0.25) is 0 Å². The molecule has 2 heterocycles. The van der Waals surface area contributed by atoms with Gasteiger partial charge < -0.3 is 9.32 Å². The molecule has 0 saturated heterocycles. The van der Waals surface area contributed by atoms with Gasteiger partial charge in [-0.1, -0.05) is 144 Å². The monoisotopic (exact) mass is 768 g/mol. The Kier molecular flexibility index (Phi) is 9.77. The molecule has 5 nitrogen and oxygen atoms in total. The number of anilines is 3. The summed E-state index contributed by atoms with van der Waals surface area (Å²) in [5.41, 5.74) is 11.1. The molecule has 0 aliphatic heterocycles. The van der Waals surface area contributed by atoms with Gasteiger partial charge in [-0.15, -0.1) is 16.4 Å². The molecule has 61 heavy (non-hydrogen) atoms. The van der Waals surface area contributed by atoms with Crippen molar-refractivity contribution in [3.8, 4) is 56.4 Å². The lowest BCUT2D eigenvalue weighted by Gasteiger charge is -2.27. The molecule has 0 amide bonds. The van der Waals surface area contributed by atoms with Crippen molar-refractivity contribution in [3.05, 3.63) is 176 Å². The average molecular weight is 768 g/mol. The summed E-state index contributed by atoms with van der Waals surface area (Å²) < 4.78 is 6.82. The molecule has 10 aromatic rings. The molecular weight excluding hydrogens is 739 g/mol. The standard InChI is InChI=1S/C51H29B5N4O/c52-43-41(44(53)46(55)47(56)45(43)54)32-22-26-36(27-23-32)60(35-24-20-31(21-25-35)30-12-4-1-5-13-30)39-29-28-38(48-42(39)37-18-10-11-19-40(37)61-48)51-58-49(33-14-6-2-7-15-33)57-50(59-51)34-16-8-3-9-17-34/h1-29H. The first-order valence-corrected chi connectivity index (χ1v) is 19.7. The maximum absolute atomic E-state index is 6.82. The molecule has 0 N–H and O–H groups in total. The Labute approximate surface area is 360 Å². The topological polar surface area (TPSA) is 55.1 Å².